The zero-order chi connectivity index (χ0) is 11.4. The fourth-order valence-electron chi connectivity index (χ4n) is 1.55. The van der Waals surface area contributed by atoms with E-state index in [2.05, 4.69) is 31.2 Å². The zero-order valence-electron chi connectivity index (χ0n) is 9.13. The molecule has 2 heteroatoms. The van der Waals surface area contributed by atoms with Crippen molar-refractivity contribution in [2.45, 2.75) is 17.1 Å². The Labute approximate surface area is 100 Å². The highest BCUT2D eigenvalue weighted by molar-refractivity contribution is 7.99. The van der Waals surface area contributed by atoms with Crippen LogP contribution in [0.3, 0.4) is 0 Å². The molecule has 0 amide bonds. The lowest BCUT2D eigenvalue weighted by atomic mass is 10.2. The van der Waals surface area contributed by atoms with E-state index in [1.165, 1.54) is 5.56 Å². The van der Waals surface area contributed by atoms with Gasteiger partial charge in [0.15, 0.2) is 0 Å². The van der Waals surface area contributed by atoms with E-state index < -0.39 is 0 Å². The van der Waals surface area contributed by atoms with Gasteiger partial charge in [-0.2, -0.15) is 0 Å². The number of thioether (sulfide) groups is 1. The summed E-state index contributed by atoms with van der Waals surface area (Å²) in [6.45, 7) is 2.17. The van der Waals surface area contributed by atoms with E-state index >= 15 is 0 Å². The van der Waals surface area contributed by atoms with Gasteiger partial charge in [0.1, 0.15) is 5.75 Å². The Balaban J connectivity index is 2.11. The van der Waals surface area contributed by atoms with Gasteiger partial charge in [-0.3, -0.25) is 0 Å². The maximum atomic E-state index is 9.38. The number of hydrogen-bond donors (Lipinski definition) is 1. The smallest absolute Gasteiger partial charge is 0.116 e. The summed E-state index contributed by atoms with van der Waals surface area (Å²) in [5.41, 5.74) is 1.30. The molecule has 1 N–H and O–H groups in total. The first-order valence-electron chi connectivity index (χ1n) is 5.26. The highest BCUT2D eigenvalue weighted by Crippen LogP contribution is 2.35. The van der Waals surface area contributed by atoms with Crippen LogP contribution in [0.1, 0.15) is 17.7 Å². The fourth-order valence-corrected chi connectivity index (χ4v) is 2.60. The van der Waals surface area contributed by atoms with Gasteiger partial charge in [0.2, 0.25) is 0 Å². The summed E-state index contributed by atoms with van der Waals surface area (Å²) in [6.07, 6.45) is 0. The number of hydrogen-bond acceptors (Lipinski definition) is 2. The molecule has 2 aromatic rings. The third-order valence-electron chi connectivity index (χ3n) is 2.40. The van der Waals surface area contributed by atoms with Gasteiger partial charge >= 0.3 is 0 Å². The molecule has 1 nitrogen and oxygen atoms in total. The topological polar surface area (TPSA) is 20.2 Å². The molecule has 0 heterocycles. The van der Waals surface area contributed by atoms with Crippen LogP contribution in [0.2, 0.25) is 0 Å². The van der Waals surface area contributed by atoms with Gasteiger partial charge in [-0.1, -0.05) is 36.4 Å². The average Bonchev–Trinajstić information content (AvgIpc) is 2.30. The molecule has 0 spiro atoms. The van der Waals surface area contributed by atoms with E-state index in [9.17, 15) is 5.11 Å². The van der Waals surface area contributed by atoms with Crippen LogP contribution in [0.15, 0.2) is 59.5 Å². The molecule has 0 aliphatic carbocycles. The van der Waals surface area contributed by atoms with E-state index in [0.717, 1.165) is 4.90 Å². The second-order valence-electron chi connectivity index (χ2n) is 3.67. The Bertz CT molecular complexity index is 453. The second-order valence-corrected chi connectivity index (χ2v) is 5.08. The Hall–Kier alpha value is -1.41. The van der Waals surface area contributed by atoms with Gasteiger partial charge in [0, 0.05) is 10.1 Å². The van der Waals surface area contributed by atoms with E-state index in [1.54, 1.807) is 23.9 Å². The standard InChI is InChI=1S/C14H14OS/c1-11(12-6-3-2-4-7-12)16-14-9-5-8-13(15)10-14/h2-11,15H,1H3. The third-order valence-corrected chi connectivity index (χ3v) is 3.55. The van der Waals surface area contributed by atoms with Crippen molar-refractivity contribution in [3.05, 3.63) is 60.2 Å². The van der Waals surface area contributed by atoms with Gasteiger partial charge in [-0.25, -0.2) is 0 Å². The zero-order valence-corrected chi connectivity index (χ0v) is 9.95. The normalized spacial score (nSPS) is 12.3. The van der Waals surface area contributed by atoms with Crippen molar-refractivity contribution in [1.82, 2.24) is 0 Å². The van der Waals surface area contributed by atoms with Crippen LogP contribution in [0.4, 0.5) is 0 Å². The van der Waals surface area contributed by atoms with Crippen molar-refractivity contribution in [2.75, 3.05) is 0 Å². The van der Waals surface area contributed by atoms with Crippen LogP contribution in [0, 0.1) is 0 Å². The predicted octanol–water partition coefficient (Wildman–Crippen LogP) is 4.25. The predicted molar refractivity (Wildman–Crippen MR) is 68.8 cm³/mol. The lowest BCUT2D eigenvalue weighted by molar-refractivity contribution is 0.474. The van der Waals surface area contributed by atoms with Crippen molar-refractivity contribution in [3.8, 4) is 5.75 Å². The third kappa shape index (κ3) is 2.80. The maximum absolute atomic E-state index is 9.38. The van der Waals surface area contributed by atoms with Gasteiger partial charge in [-0.05, 0) is 30.7 Å². The lowest BCUT2D eigenvalue weighted by Gasteiger charge is -2.11. The summed E-state index contributed by atoms with van der Waals surface area (Å²) >= 11 is 1.75. The van der Waals surface area contributed by atoms with Crippen LogP contribution in [0.25, 0.3) is 0 Å². The van der Waals surface area contributed by atoms with E-state index in [0.29, 0.717) is 11.0 Å². The molecule has 0 aliphatic heterocycles. The molecule has 0 saturated carbocycles. The molecule has 0 saturated heterocycles. The Morgan fingerprint density at radius 2 is 1.75 bits per heavy atom. The number of aromatic hydroxyl groups is 1. The molecular formula is C14H14OS. The van der Waals surface area contributed by atoms with E-state index in [-0.39, 0.29) is 0 Å². The second kappa shape index (κ2) is 5.08. The molecule has 0 aliphatic rings. The van der Waals surface area contributed by atoms with Crippen LogP contribution in [-0.2, 0) is 0 Å². The lowest BCUT2D eigenvalue weighted by Crippen LogP contribution is -1.86. The first-order valence-corrected chi connectivity index (χ1v) is 6.14. The quantitative estimate of drug-likeness (QED) is 0.796. The molecule has 0 aromatic heterocycles. The fraction of sp³-hybridized carbons (Fsp3) is 0.143. The molecule has 16 heavy (non-hydrogen) atoms. The van der Waals surface area contributed by atoms with Crippen molar-refractivity contribution >= 4 is 11.8 Å². The van der Waals surface area contributed by atoms with Gasteiger partial charge in [-0.15, -0.1) is 11.8 Å². The maximum Gasteiger partial charge on any atom is 0.116 e. The van der Waals surface area contributed by atoms with E-state index in [1.807, 2.05) is 18.2 Å². The minimum atomic E-state index is 0.324. The number of benzene rings is 2. The molecule has 2 rings (SSSR count). The molecule has 0 bridgehead atoms. The molecule has 1 atom stereocenters. The largest absolute Gasteiger partial charge is 0.508 e. The summed E-state index contributed by atoms with van der Waals surface area (Å²) in [5.74, 6) is 0.324. The van der Waals surface area contributed by atoms with Crippen LogP contribution in [0.5, 0.6) is 5.75 Å². The van der Waals surface area contributed by atoms with Crippen molar-refractivity contribution in [1.29, 1.82) is 0 Å². The monoisotopic (exact) mass is 230 g/mol. The first kappa shape index (κ1) is 11.1. The first-order chi connectivity index (χ1) is 7.75. The Kier molecular flexibility index (Phi) is 3.52. The van der Waals surface area contributed by atoms with Crippen molar-refractivity contribution in [3.63, 3.8) is 0 Å². The number of phenols is 1. The molecule has 82 valence electrons. The van der Waals surface area contributed by atoms with Gasteiger partial charge < -0.3 is 5.11 Å². The van der Waals surface area contributed by atoms with E-state index in [4.69, 9.17) is 0 Å². The Morgan fingerprint density at radius 1 is 1.00 bits per heavy atom. The highest BCUT2D eigenvalue weighted by atomic mass is 32.2. The summed E-state index contributed by atoms with van der Waals surface area (Å²) in [5, 5.41) is 9.77. The summed E-state index contributed by atoms with van der Waals surface area (Å²) in [7, 11) is 0. The van der Waals surface area contributed by atoms with Gasteiger partial charge in [0.25, 0.3) is 0 Å². The molecule has 1 unspecified atom stereocenters. The Morgan fingerprint density at radius 3 is 2.44 bits per heavy atom. The number of rotatable bonds is 3. The van der Waals surface area contributed by atoms with Crippen LogP contribution < -0.4 is 0 Å². The summed E-state index contributed by atoms with van der Waals surface area (Å²) < 4.78 is 0. The van der Waals surface area contributed by atoms with Crippen LogP contribution >= 0.6 is 11.8 Å². The summed E-state index contributed by atoms with van der Waals surface area (Å²) in [4.78, 5) is 1.09. The van der Waals surface area contributed by atoms with Crippen molar-refractivity contribution in [2.24, 2.45) is 0 Å². The highest BCUT2D eigenvalue weighted by Gasteiger charge is 2.06. The molecule has 0 radical (unpaired) electrons. The molecule has 0 fully saturated rings. The van der Waals surface area contributed by atoms with Crippen molar-refractivity contribution < 1.29 is 5.11 Å². The molecule has 2 aromatic carbocycles. The van der Waals surface area contributed by atoms with Gasteiger partial charge in [0.05, 0.1) is 0 Å². The minimum Gasteiger partial charge on any atom is -0.508 e. The van der Waals surface area contributed by atoms with Crippen LogP contribution in [-0.4, -0.2) is 5.11 Å². The SMILES string of the molecule is CC(Sc1cccc(O)c1)c1ccccc1. The minimum absolute atomic E-state index is 0.324. The summed E-state index contributed by atoms with van der Waals surface area (Å²) in [6, 6.07) is 17.8. The molecular weight excluding hydrogens is 216 g/mol. The average molecular weight is 230 g/mol. The number of phenolic OH excluding ortho intramolecular Hbond substituents is 1.